The number of fused-ring (bicyclic) bond motifs is 1. The van der Waals surface area contributed by atoms with Crippen LogP contribution in [0.25, 0.3) is 11.1 Å². The molecule has 0 atom stereocenters. The molecule has 0 bridgehead atoms. The predicted octanol–water partition coefficient (Wildman–Crippen LogP) is 3.82. The van der Waals surface area contributed by atoms with Crippen molar-refractivity contribution < 1.29 is 32.6 Å². The summed E-state index contributed by atoms with van der Waals surface area (Å²) in [4.78, 5) is 32.9. The van der Waals surface area contributed by atoms with E-state index < -0.39 is 11.9 Å². The number of anilines is 1. The molecular formula is C23H21N3O7. The first-order valence-electron chi connectivity index (χ1n) is 10.1. The van der Waals surface area contributed by atoms with E-state index in [-0.39, 0.29) is 53.9 Å². The lowest BCUT2D eigenvalue weighted by Gasteiger charge is -2.05. The van der Waals surface area contributed by atoms with Crippen LogP contribution in [0.3, 0.4) is 0 Å². The zero-order valence-corrected chi connectivity index (χ0v) is 18.0. The molecule has 2 N–H and O–H groups in total. The van der Waals surface area contributed by atoms with Crippen LogP contribution in [0.15, 0.2) is 51.3 Å². The van der Waals surface area contributed by atoms with Gasteiger partial charge in [0.15, 0.2) is 12.4 Å². The molecule has 1 aromatic carbocycles. The molecule has 0 aliphatic rings. The first kappa shape index (κ1) is 21.9. The average Bonchev–Trinajstić information content (AvgIpc) is 3.41. The first-order valence-corrected chi connectivity index (χ1v) is 10.1. The van der Waals surface area contributed by atoms with Crippen molar-refractivity contribution in [1.82, 2.24) is 9.97 Å². The Hall–Kier alpha value is -4.34. The van der Waals surface area contributed by atoms with Gasteiger partial charge in [0.05, 0.1) is 12.0 Å². The van der Waals surface area contributed by atoms with Gasteiger partial charge in [0.1, 0.15) is 35.3 Å². The van der Waals surface area contributed by atoms with Gasteiger partial charge in [-0.1, -0.05) is 18.2 Å². The van der Waals surface area contributed by atoms with Crippen LogP contribution >= 0.6 is 0 Å². The van der Waals surface area contributed by atoms with Crippen molar-refractivity contribution in [1.29, 1.82) is 0 Å². The highest BCUT2D eigenvalue weighted by molar-refractivity contribution is 6.07. The number of aromatic nitrogens is 2. The highest BCUT2D eigenvalue weighted by atomic mass is 16.5. The average molecular weight is 451 g/mol. The molecular weight excluding hydrogens is 430 g/mol. The number of nitrogen functional groups attached to an aromatic ring is 1. The summed E-state index contributed by atoms with van der Waals surface area (Å²) in [6.45, 7) is 3.38. The number of para-hydroxylation sites is 1. The fraction of sp³-hybridized carbons (Fsp3) is 0.217. The molecule has 4 aromatic rings. The molecule has 0 radical (unpaired) electrons. The molecule has 0 aliphatic carbocycles. The summed E-state index contributed by atoms with van der Waals surface area (Å²) < 4.78 is 26.9. The van der Waals surface area contributed by atoms with Crippen molar-refractivity contribution in [2.45, 2.75) is 27.1 Å². The van der Waals surface area contributed by atoms with Crippen LogP contribution in [0.2, 0.25) is 0 Å². The van der Waals surface area contributed by atoms with Crippen molar-refractivity contribution in [3.8, 4) is 5.75 Å². The van der Waals surface area contributed by atoms with Crippen LogP contribution in [0.4, 0.5) is 5.82 Å². The van der Waals surface area contributed by atoms with E-state index >= 15 is 0 Å². The van der Waals surface area contributed by atoms with E-state index in [9.17, 15) is 9.59 Å². The SMILES string of the molecule is CCOC(=O)c1c(C)oc2nc(COC(=O)c3ccc(COc4ccccc4)o3)nc(N)c12. The fourth-order valence-corrected chi connectivity index (χ4v) is 3.13. The van der Waals surface area contributed by atoms with Gasteiger partial charge in [0.25, 0.3) is 0 Å². The van der Waals surface area contributed by atoms with Gasteiger partial charge in [-0.25, -0.2) is 14.6 Å². The van der Waals surface area contributed by atoms with Crippen LogP contribution in [0.1, 0.15) is 45.2 Å². The summed E-state index contributed by atoms with van der Waals surface area (Å²) in [5.74, 6) is 0.307. The number of furan rings is 2. The Kier molecular flexibility index (Phi) is 6.25. The number of hydrogen-bond acceptors (Lipinski definition) is 10. The van der Waals surface area contributed by atoms with Gasteiger partial charge in [-0.05, 0) is 38.1 Å². The van der Waals surface area contributed by atoms with Crippen molar-refractivity contribution in [2.75, 3.05) is 12.3 Å². The Morgan fingerprint density at radius 3 is 2.52 bits per heavy atom. The van der Waals surface area contributed by atoms with E-state index in [4.69, 9.17) is 28.8 Å². The molecule has 0 unspecified atom stereocenters. The zero-order chi connectivity index (χ0) is 23.4. The third-order valence-corrected chi connectivity index (χ3v) is 4.60. The number of carbonyl (C=O) groups is 2. The van der Waals surface area contributed by atoms with Crippen molar-refractivity contribution in [3.05, 3.63) is 71.1 Å². The molecule has 3 heterocycles. The molecule has 170 valence electrons. The largest absolute Gasteiger partial charge is 0.486 e. The highest BCUT2D eigenvalue weighted by Gasteiger charge is 2.24. The minimum atomic E-state index is -0.703. The summed E-state index contributed by atoms with van der Waals surface area (Å²) in [7, 11) is 0. The second kappa shape index (κ2) is 9.43. The predicted molar refractivity (Wildman–Crippen MR) is 116 cm³/mol. The molecule has 3 aromatic heterocycles. The summed E-state index contributed by atoms with van der Waals surface area (Å²) in [6.07, 6.45) is 0. The van der Waals surface area contributed by atoms with Crippen molar-refractivity contribution in [2.24, 2.45) is 0 Å². The van der Waals surface area contributed by atoms with E-state index in [0.717, 1.165) is 0 Å². The number of carbonyl (C=O) groups excluding carboxylic acids is 2. The van der Waals surface area contributed by atoms with Gasteiger partial charge in [0.2, 0.25) is 11.5 Å². The number of ether oxygens (including phenoxy) is 3. The molecule has 0 aliphatic heterocycles. The van der Waals surface area contributed by atoms with Gasteiger partial charge in [-0.2, -0.15) is 4.98 Å². The topological polar surface area (TPSA) is 140 Å². The van der Waals surface area contributed by atoms with Crippen LogP contribution in [0.5, 0.6) is 5.75 Å². The number of rotatable bonds is 8. The first-order chi connectivity index (χ1) is 16.0. The lowest BCUT2D eigenvalue weighted by molar-refractivity contribution is 0.0421. The number of nitrogens with zero attached hydrogens (tertiary/aromatic N) is 2. The van der Waals surface area contributed by atoms with E-state index in [1.165, 1.54) is 6.07 Å². The molecule has 0 saturated carbocycles. The van der Waals surface area contributed by atoms with E-state index in [0.29, 0.717) is 17.3 Å². The van der Waals surface area contributed by atoms with Crippen molar-refractivity contribution >= 4 is 28.9 Å². The maximum Gasteiger partial charge on any atom is 0.374 e. The van der Waals surface area contributed by atoms with Gasteiger partial charge in [0, 0.05) is 0 Å². The third kappa shape index (κ3) is 4.79. The maximum atomic E-state index is 12.3. The summed E-state index contributed by atoms with van der Waals surface area (Å²) in [6, 6.07) is 12.3. The second-order valence-corrected chi connectivity index (χ2v) is 6.90. The van der Waals surface area contributed by atoms with Gasteiger partial charge < -0.3 is 28.8 Å². The van der Waals surface area contributed by atoms with Gasteiger partial charge in [-0.15, -0.1) is 0 Å². The smallest absolute Gasteiger partial charge is 0.374 e. The molecule has 0 spiro atoms. The van der Waals surface area contributed by atoms with Crippen LogP contribution in [-0.2, 0) is 22.7 Å². The van der Waals surface area contributed by atoms with E-state index in [1.807, 2.05) is 30.3 Å². The molecule has 0 fully saturated rings. The highest BCUT2D eigenvalue weighted by Crippen LogP contribution is 2.29. The Labute approximate surface area is 188 Å². The zero-order valence-electron chi connectivity index (χ0n) is 18.0. The number of esters is 2. The molecule has 0 saturated heterocycles. The number of aryl methyl sites for hydroxylation is 1. The van der Waals surface area contributed by atoms with Gasteiger partial charge >= 0.3 is 11.9 Å². The van der Waals surface area contributed by atoms with Crippen LogP contribution in [-0.4, -0.2) is 28.5 Å². The lowest BCUT2D eigenvalue weighted by atomic mass is 10.2. The lowest BCUT2D eigenvalue weighted by Crippen LogP contribution is -2.09. The summed E-state index contributed by atoms with van der Waals surface area (Å²) >= 11 is 0. The van der Waals surface area contributed by atoms with Crippen LogP contribution < -0.4 is 10.5 Å². The Morgan fingerprint density at radius 1 is 0.970 bits per heavy atom. The van der Waals surface area contributed by atoms with E-state index in [2.05, 4.69) is 9.97 Å². The maximum absolute atomic E-state index is 12.3. The normalized spacial score (nSPS) is 10.8. The fourth-order valence-electron chi connectivity index (χ4n) is 3.13. The van der Waals surface area contributed by atoms with E-state index in [1.54, 1.807) is 19.9 Å². The Balaban J connectivity index is 1.41. The third-order valence-electron chi connectivity index (χ3n) is 4.60. The standard InChI is InChI=1S/C23H21N3O7/c1-3-29-23(28)18-13(2)32-21-19(18)20(24)25-17(26-21)12-31-22(27)16-10-9-15(33-16)11-30-14-7-5-4-6-8-14/h4-10H,3,11-12H2,1-2H3,(H2,24,25,26). The monoisotopic (exact) mass is 451 g/mol. The number of benzene rings is 1. The number of nitrogens with two attached hydrogens (primary N) is 1. The summed E-state index contributed by atoms with van der Waals surface area (Å²) in [5.41, 5.74) is 6.29. The second-order valence-electron chi connectivity index (χ2n) is 6.90. The molecule has 4 rings (SSSR count). The molecule has 10 heteroatoms. The quantitative estimate of drug-likeness (QED) is 0.393. The molecule has 10 nitrogen and oxygen atoms in total. The molecule has 33 heavy (non-hydrogen) atoms. The summed E-state index contributed by atoms with van der Waals surface area (Å²) in [5, 5.41) is 0.259. The Morgan fingerprint density at radius 2 is 1.76 bits per heavy atom. The van der Waals surface area contributed by atoms with Crippen molar-refractivity contribution in [3.63, 3.8) is 0 Å². The minimum Gasteiger partial charge on any atom is -0.486 e. The number of hydrogen-bond donors (Lipinski definition) is 1. The minimum absolute atomic E-state index is 0.00847. The Bertz CT molecular complexity index is 1290. The van der Waals surface area contributed by atoms with Crippen LogP contribution in [0, 0.1) is 6.92 Å². The van der Waals surface area contributed by atoms with Gasteiger partial charge in [-0.3, -0.25) is 0 Å². The molecule has 0 amide bonds.